The maximum atomic E-state index is 4.21. The molecule has 0 aliphatic rings. The van der Waals surface area contributed by atoms with E-state index in [4.69, 9.17) is 0 Å². The van der Waals surface area contributed by atoms with Crippen molar-refractivity contribution >= 4 is 12.6 Å². The predicted molar refractivity (Wildman–Crippen MR) is 51.2 cm³/mol. The van der Waals surface area contributed by atoms with Gasteiger partial charge in [-0.1, -0.05) is 12.1 Å². The quantitative estimate of drug-likeness (QED) is 0.644. The van der Waals surface area contributed by atoms with Gasteiger partial charge in [-0.15, -0.1) is 12.6 Å². The van der Waals surface area contributed by atoms with Crippen molar-refractivity contribution in [2.75, 3.05) is 7.05 Å². The summed E-state index contributed by atoms with van der Waals surface area (Å²) < 4.78 is 0. The minimum atomic E-state index is 0.420. The fraction of sp³-hybridized carbons (Fsp3) is 0.333. The number of benzene rings is 1. The average Bonchev–Trinajstić information content (AvgIpc) is 2.05. The molecule has 1 nitrogen and oxygen atoms in total. The lowest BCUT2D eigenvalue weighted by Crippen LogP contribution is -2.11. The second kappa shape index (κ2) is 3.79. The number of hydrogen-bond acceptors (Lipinski definition) is 2. The standard InChI is InChI=1S/C9H13NS/c1-7(10-2)8-3-5-9(11)6-4-8/h3-7,10-11H,1-2H3. The van der Waals surface area contributed by atoms with Crippen LogP contribution in [0, 0.1) is 0 Å². The highest BCUT2D eigenvalue weighted by molar-refractivity contribution is 7.80. The first-order chi connectivity index (χ1) is 5.24. The molecular weight excluding hydrogens is 154 g/mol. The fourth-order valence-corrected chi connectivity index (χ4v) is 1.08. The van der Waals surface area contributed by atoms with Crippen molar-refractivity contribution in [2.24, 2.45) is 0 Å². The molecule has 60 valence electrons. The zero-order chi connectivity index (χ0) is 8.27. The Balaban J connectivity index is 2.81. The lowest BCUT2D eigenvalue weighted by atomic mass is 10.1. The van der Waals surface area contributed by atoms with Crippen molar-refractivity contribution in [1.82, 2.24) is 5.32 Å². The van der Waals surface area contributed by atoms with Crippen LogP contribution in [0.15, 0.2) is 29.2 Å². The third-order valence-corrected chi connectivity index (χ3v) is 2.12. The molecule has 0 aliphatic heterocycles. The molecule has 0 saturated heterocycles. The Labute approximate surface area is 73.2 Å². The summed E-state index contributed by atoms with van der Waals surface area (Å²) in [6, 6.07) is 8.61. The van der Waals surface area contributed by atoms with E-state index in [1.165, 1.54) is 5.56 Å². The summed E-state index contributed by atoms with van der Waals surface area (Å²) in [5.74, 6) is 0. The third-order valence-electron chi connectivity index (χ3n) is 1.83. The highest BCUT2D eigenvalue weighted by Gasteiger charge is 1.99. The second-order valence-corrected chi connectivity index (χ2v) is 3.12. The Morgan fingerprint density at radius 2 is 1.82 bits per heavy atom. The van der Waals surface area contributed by atoms with Crippen LogP contribution < -0.4 is 5.32 Å². The van der Waals surface area contributed by atoms with Crippen LogP contribution in [0.3, 0.4) is 0 Å². The largest absolute Gasteiger partial charge is 0.313 e. The van der Waals surface area contributed by atoms with Gasteiger partial charge >= 0.3 is 0 Å². The zero-order valence-electron chi connectivity index (χ0n) is 6.83. The molecule has 1 unspecified atom stereocenters. The highest BCUT2D eigenvalue weighted by Crippen LogP contribution is 2.13. The average molecular weight is 167 g/mol. The summed E-state index contributed by atoms with van der Waals surface area (Å²) in [5.41, 5.74) is 1.30. The van der Waals surface area contributed by atoms with Gasteiger partial charge in [0, 0.05) is 10.9 Å². The van der Waals surface area contributed by atoms with Crippen LogP contribution in [-0.4, -0.2) is 7.05 Å². The Hall–Kier alpha value is -0.470. The molecule has 1 aromatic carbocycles. The number of thiol groups is 1. The van der Waals surface area contributed by atoms with Crippen LogP contribution in [0.5, 0.6) is 0 Å². The van der Waals surface area contributed by atoms with E-state index in [1.807, 2.05) is 19.2 Å². The van der Waals surface area contributed by atoms with E-state index >= 15 is 0 Å². The van der Waals surface area contributed by atoms with Gasteiger partial charge in [0.1, 0.15) is 0 Å². The SMILES string of the molecule is CNC(C)c1ccc(S)cc1. The third kappa shape index (κ3) is 2.24. The molecule has 1 N–H and O–H groups in total. The van der Waals surface area contributed by atoms with E-state index in [0.717, 1.165) is 4.90 Å². The summed E-state index contributed by atoms with van der Waals surface area (Å²) in [6.07, 6.45) is 0. The minimum Gasteiger partial charge on any atom is -0.313 e. The Bertz CT molecular complexity index is 218. The second-order valence-electron chi connectivity index (χ2n) is 2.60. The number of hydrogen-bond donors (Lipinski definition) is 2. The Kier molecular flexibility index (Phi) is 2.97. The smallest absolute Gasteiger partial charge is 0.0289 e. The van der Waals surface area contributed by atoms with Crippen molar-refractivity contribution in [3.63, 3.8) is 0 Å². The van der Waals surface area contributed by atoms with Gasteiger partial charge in [0.25, 0.3) is 0 Å². The molecule has 0 radical (unpaired) electrons. The number of rotatable bonds is 2. The van der Waals surface area contributed by atoms with Crippen LogP contribution >= 0.6 is 12.6 Å². The van der Waals surface area contributed by atoms with E-state index in [2.05, 4.69) is 37.0 Å². The van der Waals surface area contributed by atoms with E-state index in [9.17, 15) is 0 Å². The minimum absolute atomic E-state index is 0.420. The molecule has 1 aromatic rings. The van der Waals surface area contributed by atoms with Crippen molar-refractivity contribution in [2.45, 2.75) is 17.9 Å². The molecule has 1 atom stereocenters. The lowest BCUT2D eigenvalue weighted by molar-refractivity contribution is 0.652. The van der Waals surface area contributed by atoms with Gasteiger partial charge in [-0.25, -0.2) is 0 Å². The highest BCUT2D eigenvalue weighted by atomic mass is 32.1. The number of nitrogens with one attached hydrogen (secondary N) is 1. The molecule has 0 spiro atoms. The van der Waals surface area contributed by atoms with Crippen LogP contribution in [-0.2, 0) is 0 Å². The summed E-state index contributed by atoms with van der Waals surface area (Å²) in [5, 5.41) is 3.18. The summed E-state index contributed by atoms with van der Waals surface area (Å²) in [4.78, 5) is 1.01. The molecule has 0 aromatic heterocycles. The molecule has 0 bridgehead atoms. The van der Waals surface area contributed by atoms with Gasteiger partial charge in [0.15, 0.2) is 0 Å². The summed E-state index contributed by atoms with van der Waals surface area (Å²) in [7, 11) is 1.96. The summed E-state index contributed by atoms with van der Waals surface area (Å²) in [6.45, 7) is 2.13. The van der Waals surface area contributed by atoms with Crippen molar-refractivity contribution in [3.8, 4) is 0 Å². The van der Waals surface area contributed by atoms with Crippen LogP contribution in [0.25, 0.3) is 0 Å². The van der Waals surface area contributed by atoms with Gasteiger partial charge in [-0.3, -0.25) is 0 Å². The predicted octanol–water partition coefficient (Wildman–Crippen LogP) is 2.26. The van der Waals surface area contributed by atoms with Gasteiger partial charge in [-0.05, 0) is 31.7 Å². The van der Waals surface area contributed by atoms with Gasteiger partial charge in [0.05, 0.1) is 0 Å². The van der Waals surface area contributed by atoms with Crippen LogP contribution in [0.4, 0.5) is 0 Å². The van der Waals surface area contributed by atoms with Crippen molar-refractivity contribution in [1.29, 1.82) is 0 Å². The first-order valence-electron chi connectivity index (χ1n) is 3.70. The molecule has 1 rings (SSSR count). The van der Waals surface area contributed by atoms with E-state index in [1.54, 1.807) is 0 Å². The first kappa shape index (κ1) is 8.62. The molecule has 0 fully saturated rings. The van der Waals surface area contributed by atoms with Gasteiger partial charge < -0.3 is 5.32 Å². The molecule has 0 heterocycles. The van der Waals surface area contributed by atoms with Crippen LogP contribution in [0.1, 0.15) is 18.5 Å². The molecule has 0 aliphatic carbocycles. The monoisotopic (exact) mass is 167 g/mol. The fourth-order valence-electron chi connectivity index (χ4n) is 0.930. The first-order valence-corrected chi connectivity index (χ1v) is 4.15. The van der Waals surface area contributed by atoms with Crippen LogP contribution in [0.2, 0.25) is 0 Å². The maximum absolute atomic E-state index is 4.21. The topological polar surface area (TPSA) is 12.0 Å². The normalized spacial score (nSPS) is 13.0. The molecule has 2 heteroatoms. The Morgan fingerprint density at radius 3 is 2.27 bits per heavy atom. The molecule has 11 heavy (non-hydrogen) atoms. The van der Waals surface area contributed by atoms with E-state index in [0.29, 0.717) is 6.04 Å². The molecular formula is C9H13NS. The van der Waals surface area contributed by atoms with E-state index < -0.39 is 0 Å². The maximum Gasteiger partial charge on any atom is 0.0289 e. The van der Waals surface area contributed by atoms with Gasteiger partial charge in [0.2, 0.25) is 0 Å². The van der Waals surface area contributed by atoms with Crippen molar-refractivity contribution in [3.05, 3.63) is 29.8 Å². The van der Waals surface area contributed by atoms with Gasteiger partial charge in [-0.2, -0.15) is 0 Å². The molecule has 0 amide bonds. The zero-order valence-corrected chi connectivity index (χ0v) is 7.73. The summed E-state index contributed by atoms with van der Waals surface area (Å²) >= 11 is 4.21. The lowest BCUT2D eigenvalue weighted by Gasteiger charge is -2.09. The van der Waals surface area contributed by atoms with E-state index in [-0.39, 0.29) is 0 Å². The Morgan fingerprint density at radius 1 is 1.27 bits per heavy atom. The molecule has 0 saturated carbocycles. The van der Waals surface area contributed by atoms with Crippen molar-refractivity contribution < 1.29 is 0 Å².